The Balaban J connectivity index is 2.10. The van der Waals surface area contributed by atoms with Gasteiger partial charge in [0, 0.05) is 36.3 Å². The van der Waals surface area contributed by atoms with E-state index in [1.807, 2.05) is 42.5 Å². The lowest BCUT2D eigenvalue weighted by Crippen LogP contribution is -2.28. The van der Waals surface area contributed by atoms with E-state index in [9.17, 15) is 4.79 Å². The molecule has 0 unspecified atom stereocenters. The van der Waals surface area contributed by atoms with Crippen molar-refractivity contribution in [1.82, 2.24) is 0 Å². The first-order valence-corrected chi connectivity index (χ1v) is 9.10. The van der Waals surface area contributed by atoms with Crippen molar-refractivity contribution in [2.45, 2.75) is 19.3 Å². The second kappa shape index (κ2) is 10.1. The number of hydrogen-bond donors (Lipinski definition) is 4. The maximum Gasteiger partial charge on any atom is 0.305 e. The van der Waals surface area contributed by atoms with Crippen molar-refractivity contribution in [1.29, 1.82) is 10.8 Å². The van der Waals surface area contributed by atoms with Crippen LogP contribution in [0.3, 0.4) is 0 Å². The minimum atomic E-state index is -0.225. The van der Waals surface area contributed by atoms with Gasteiger partial charge in [-0.05, 0) is 30.5 Å². The molecular weight excluding hydrogens is 354 g/mol. The summed E-state index contributed by atoms with van der Waals surface area (Å²) in [7, 11) is 1.39. The summed E-state index contributed by atoms with van der Waals surface area (Å²) in [6.07, 6.45) is 1.81. The smallest absolute Gasteiger partial charge is 0.305 e. The van der Waals surface area contributed by atoms with E-state index in [0.29, 0.717) is 30.5 Å². The Hall–Kier alpha value is -3.35. The van der Waals surface area contributed by atoms with E-state index in [1.165, 1.54) is 7.11 Å². The van der Waals surface area contributed by atoms with Crippen LogP contribution in [0.15, 0.2) is 48.5 Å². The number of nitrogens with two attached hydrogens (primary N) is 2. The van der Waals surface area contributed by atoms with Crippen molar-refractivity contribution in [3.05, 3.63) is 65.2 Å². The highest BCUT2D eigenvalue weighted by molar-refractivity contribution is 5.96. The van der Waals surface area contributed by atoms with Crippen LogP contribution in [-0.4, -0.2) is 37.8 Å². The first-order valence-electron chi connectivity index (χ1n) is 9.10. The number of nitrogens with one attached hydrogen (secondary N) is 2. The predicted molar refractivity (Wildman–Crippen MR) is 112 cm³/mol. The Labute approximate surface area is 165 Å². The average molecular weight is 381 g/mol. The van der Waals surface area contributed by atoms with E-state index in [-0.39, 0.29) is 17.6 Å². The first-order chi connectivity index (χ1) is 13.4. The molecule has 0 spiro atoms. The topological polar surface area (TPSA) is 129 Å². The van der Waals surface area contributed by atoms with E-state index in [4.69, 9.17) is 27.0 Å². The molecule has 7 heteroatoms. The van der Waals surface area contributed by atoms with Gasteiger partial charge in [-0.15, -0.1) is 0 Å². The highest BCUT2D eigenvalue weighted by Gasteiger charge is 2.10. The molecule has 28 heavy (non-hydrogen) atoms. The second-order valence-corrected chi connectivity index (χ2v) is 6.49. The number of methoxy groups -OCH3 is 1. The standard InChI is InChI=1S/C21H27N5O2/c1-28-19(27)6-3-12-26(18-5-2-4-17(14-18)21(24)25)13-11-15-7-9-16(10-8-15)20(22)23/h2,4-5,7-10,14H,3,6,11-13H2,1H3,(H3,22,23)(H3,24,25). The molecule has 0 bridgehead atoms. The summed E-state index contributed by atoms with van der Waals surface area (Å²) in [5, 5.41) is 15.1. The average Bonchev–Trinajstić information content (AvgIpc) is 2.70. The third-order valence-corrected chi connectivity index (χ3v) is 4.49. The van der Waals surface area contributed by atoms with Crippen LogP contribution >= 0.6 is 0 Å². The highest BCUT2D eigenvalue weighted by Crippen LogP contribution is 2.18. The monoisotopic (exact) mass is 381 g/mol. The minimum absolute atomic E-state index is 0.0242. The molecule has 2 rings (SSSR count). The fourth-order valence-electron chi connectivity index (χ4n) is 2.87. The van der Waals surface area contributed by atoms with Gasteiger partial charge in [0.2, 0.25) is 0 Å². The Bertz CT molecular complexity index is 833. The van der Waals surface area contributed by atoms with Gasteiger partial charge >= 0.3 is 5.97 Å². The van der Waals surface area contributed by atoms with Gasteiger partial charge in [0.05, 0.1) is 7.11 Å². The molecule has 0 atom stereocenters. The number of nitrogen functional groups attached to an aromatic ring is 2. The molecule has 0 amide bonds. The van der Waals surface area contributed by atoms with Crippen LogP contribution in [0.5, 0.6) is 0 Å². The molecule has 0 saturated heterocycles. The van der Waals surface area contributed by atoms with E-state index in [2.05, 4.69) is 4.90 Å². The predicted octanol–water partition coefficient (Wildman–Crippen LogP) is 2.26. The zero-order valence-electron chi connectivity index (χ0n) is 16.1. The Kier molecular flexibility index (Phi) is 7.56. The van der Waals surface area contributed by atoms with Crippen LogP contribution in [0.2, 0.25) is 0 Å². The summed E-state index contributed by atoms with van der Waals surface area (Å²) in [6.45, 7) is 1.42. The summed E-state index contributed by atoms with van der Waals surface area (Å²) >= 11 is 0. The van der Waals surface area contributed by atoms with Crippen molar-refractivity contribution in [2.75, 3.05) is 25.1 Å². The van der Waals surface area contributed by atoms with E-state index < -0.39 is 0 Å². The van der Waals surface area contributed by atoms with Crippen LogP contribution in [0.1, 0.15) is 29.5 Å². The normalized spacial score (nSPS) is 10.3. The van der Waals surface area contributed by atoms with Crippen molar-refractivity contribution >= 4 is 23.3 Å². The Morgan fingerprint density at radius 3 is 2.29 bits per heavy atom. The van der Waals surface area contributed by atoms with Crippen molar-refractivity contribution in [3.8, 4) is 0 Å². The van der Waals surface area contributed by atoms with Crippen LogP contribution in [0, 0.1) is 10.8 Å². The molecule has 0 aliphatic carbocycles. The third-order valence-electron chi connectivity index (χ3n) is 4.49. The number of amidine groups is 2. The maximum atomic E-state index is 11.4. The van der Waals surface area contributed by atoms with Gasteiger partial charge in [0.1, 0.15) is 11.7 Å². The zero-order chi connectivity index (χ0) is 20.5. The van der Waals surface area contributed by atoms with Gasteiger partial charge in [-0.3, -0.25) is 15.6 Å². The molecule has 0 aliphatic rings. The highest BCUT2D eigenvalue weighted by atomic mass is 16.5. The molecule has 0 fully saturated rings. The molecule has 7 nitrogen and oxygen atoms in total. The van der Waals surface area contributed by atoms with Gasteiger partial charge in [0.15, 0.2) is 0 Å². The molecule has 2 aromatic rings. The van der Waals surface area contributed by atoms with Crippen LogP contribution < -0.4 is 16.4 Å². The van der Waals surface area contributed by atoms with E-state index in [0.717, 1.165) is 24.2 Å². The number of rotatable bonds is 10. The molecule has 0 aromatic heterocycles. The van der Waals surface area contributed by atoms with E-state index >= 15 is 0 Å². The summed E-state index contributed by atoms with van der Waals surface area (Å²) in [6, 6.07) is 15.2. The molecule has 0 saturated carbocycles. The zero-order valence-corrected chi connectivity index (χ0v) is 16.1. The van der Waals surface area contributed by atoms with Crippen LogP contribution in [0.25, 0.3) is 0 Å². The fourth-order valence-corrected chi connectivity index (χ4v) is 2.87. The van der Waals surface area contributed by atoms with E-state index in [1.54, 1.807) is 6.07 Å². The molecule has 2 aromatic carbocycles. The molecule has 0 radical (unpaired) electrons. The molecule has 0 heterocycles. The van der Waals surface area contributed by atoms with Crippen LogP contribution in [0.4, 0.5) is 5.69 Å². The molecule has 0 aliphatic heterocycles. The number of nitrogens with zero attached hydrogens (tertiary/aromatic N) is 1. The quantitative estimate of drug-likeness (QED) is 0.285. The molecule has 148 valence electrons. The Morgan fingerprint density at radius 1 is 1.00 bits per heavy atom. The first kappa shape index (κ1) is 21.0. The molecular formula is C21H27N5O2. The number of hydrogen-bond acceptors (Lipinski definition) is 5. The van der Waals surface area contributed by atoms with Crippen molar-refractivity contribution < 1.29 is 9.53 Å². The largest absolute Gasteiger partial charge is 0.469 e. The number of carbonyl (C=O) groups is 1. The van der Waals surface area contributed by atoms with Gasteiger partial charge in [0.25, 0.3) is 0 Å². The minimum Gasteiger partial charge on any atom is -0.469 e. The molecule has 6 N–H and O–H groups in total. The maximum absolute atomic E-state index is 11.4. The number of benzene rings is 2. The lowest BCUT2D eigenvalue weighted by atomic mass is 10.1. The van der Waals surface area contributed by atoms with Gasteiger partial charge in [-0.25, -0.2) is 0 Å². The Morgan fingerprint density at radius 2 is 1.68 bits per heavy atom. The summed E-state index contributed by atoms with van der Waals surface area (Å²) in [5.74, 6) is -0.148. The number of ether oxygens (including phenoxy) is 1. The second-order valence-electron chi connectivity index (χ2n) is 6.49. The summed E-state index contributed by atoms with van der Waals surface area (Å²) in [4.78, 5) is 13.6. The lowest BCUT2D eigenvalue weighted by Gasteiger charge is -2.25. The third kappa shape index (κ3) is 6.12. The number of carbonyl (C=O) groups excluding carboxylic acids is 1. The lowest BCUT2D eigenvalue weighted by molar-refractivity contribution is -0.140. The van der Waals surface area contributed by atoms with Crippen LogP contribution in [-0.2, 0) is 16.0 Å². The SMILES string of the molecule is COC(=O)CCCN(CCc1ccc(C(=N)N)cc1)c1cccc(C(=N)N)c1. The van der Waals surface area contributed by atoms with Gasteiger partial charge in [-0.1, -0.05) is 36.4 Å². The summed E-state index contributed by atoms with van der Waals surface area (Å²) in [5.41, 5.74) is 14.6. The van der Waals surface area contributed by atoms with Gasteiger partial charge in [-0.2, -0.15) is 0 Å². The fraction of sp³-hybridized carbons (Fsp3) is 0.286. The number of esters is 1. The van der Waals surface area contributed by atoms with Crippen molar-refractivity contribution in [3.63, 3.8) is 0 Å². The number of anilines is 1. The van der Waals surface area contributed by atoms with Crippen molar-refractivity contribution in [2.24, 2.45) is 11.5 Å². The van der Waals surface area contributed by atoms with Gasteiger partial charge < -0.3 is 21.1 Å². The summed E-state index contributed by atoms with van der Waals surface area (Å²) < 4.78 is 4.72.